The van der Waals surface area contributed by atoms with Gasteiger partial charge in [-0.25, -0.2) is 0 Å². The molecule has 0 saturated carbocycles. The predicted octanol–water partition coefficient (Wildman–Crippen LogP) is 0.585. The first-order valence-electron chi connectivity index (χ1n) is 5.62. The average Bonchev–Trinajstić information content (AvgIpc) is 2.98. The number of aromatic nitrogens is 2. The Hall–Kier alpha value is -1.28. The molecular weight excluding hydrogens is 254 g/mol. The van der Waals surface area contributed by atoms with Crippen LogP contribution in [0.2, 0.25) is 0 Å². The number of thiophene rings is 1. The van der Waals surface area contributed by atoms with Crippen molar-refractivity contribution in [1.29, 1.82) is 0 Å². The molecule has 0 unspecified atom stereocenters. The van der Waals surface area contributed by atoms with E-state index in [2.05, 4.69) is 10.1 Å². The van der Waals surface area contributed by atoms with Crippen LogP contribution in [0.5, 0.6) is 0 Å². The van der Waals surface area contributed by atoms with Crippen LogP contribution < -0.4 is 0 Å². The van der Waals surface area contributed by atoms with Gasteiger partial charge in [-0.1, -0.05) is 5.16 Å². The van der Waals surface area contributed by atoms with Gasteiger partial charge in [0.2, 0.25) is 0 Å². The summed E-state index contributed by atoms with van der Waals surface area (Å²) < 4.78 is 5.16. The van der Waals surface area contributed by atoms with Gasteiger partial charge in [-0.05, 0) is 11.4 Å². The zero-order valence-corrected chi connectivity index (χ0v) is 10.6. The summed E-state index contributed by atoms with van der Waals surface area (Å²) in [6, 6.07) is 1.92. The maximum Gasteiger partial charge on any atom is 0.258 e. The standard InChI is InChI=1S/C11H15N3O3S/c15-4-2-14(3-5-16)7-10-12-11(17-13-10)9-1-6-18-8-9/h1,6,8,15-16H,2-5,7H2. The molecule has 2 rings (SSSR count). The molecule has 0 saturated heterocycles. The summed E-state index contributed by atoms with van der Waals surface area (Å²) in [5.74, 6) is 1.05. The fraction of sp³-hybridized carbons (Fsp3) is 0.455. The lowest BCUT2D eigenvalue weighted by atomic mass is 10.3. The molecule has 7 heteroatoms. The van der Waals surface area contributed by atoms with Crippen LogP contribution in [-0.2, 0) is 6.54 Å². The molecule has 0 amide bonds. The Kier molecular flexibility index (Phi) is 4.82. The molecule has 2 N–H and O–H groups in total. The largest absolute Gasteiger partial charge is 0.395 e. The topological polar surface area (TPSA) is 82.6 Å². The minimum Gasteiger partial charge on any atom is -0.395 e. The van der Waals surface area contributed by atoms with E-state index in [9.17, 15) is 0 Å². The molecule has 2 aromatic heterocycles. The quantitative estimate of drug-likeness (QED) is 0.765. The van der Waals surface area contributed by atoms with Gasteiger partial charge in [0.15, 0.2) is 5.82 Å². The van der Waals surface area contributed by atoms with Gasteiger partial charge < -0.3 is 14.7 Å². The third-order valence-corrected chi connectivity index (χ3v) is 3.12. The fourth-order valence-electron chi connectivity index (χ4n) is 1.57. The van der Waals surface area contributed by atoms with Gasteiger partial charge in [-0.15, -0.1) is 0 Å². The molecule has 98 valence electrons. The van der Waals surface area contributed by atoms with E-state index in [0.29, 0.717) is 31.3 Å². The Morgan fingerprint density at radius 1 is 1.28 bits per heavy atom. The first-order chi connectivity index (χ1) is 8.83. The number of hydrogen-bond acceptors (Lipinski definition) is 7. The molecule has 0 aliphatic carbocycles. The minimum atomic E-state index is 0.0369. The number of aliphatic hydroxyl groups excluding tert-OH is 2. The monoisotopic (exact) mass is 269 g/mol. The molecule has 0 bridgehead atoms. The molecule has 0 aliphatic heterocycles. The number of hydrogen-bond donors (Lipinski definition) is 2. The van der Waals surface area contributed by atoms with E-state index in [4.69, 9.17) is 14.7 Å². The summed E-state index contributed by atoms with van der Waals surface area (Å²) in [4.78, 5) is 6.14. The zero-order chi connectivity index (χ0) is 12.8. The molecular formula is C11H15N3O3S. The van der Waals surface area contributed by atoms with Crippen LogP contribution in [0.1, 0.15) is 5.82 Å². The summed E-state index contributed by atoms with van der Waals surface area (Å²) in [5.41, 5.74) is 0.912. The van der Waals surface area contributed by atoms with E-state index < -0.39 is 0 Å². The van der Waals surface area contributed by atoms with Crippen LogP contribution in [0.3, 0.4) is 0 Å². The molecule has 0 aromatic carbocycles. The van der Waals surface area contributed by atoms with Crippen molar-refractivity contribution in [1.82, 2.24) is 15.0 Å². The molecule has 2 heterocycles. The number of aliphatic hydroxyl groups is 2. The lowest BCUT2D eigenvalue weighted by Gasteiger charge is -2.17. The average molecular weight is 269 g/mol. The molecule has 0 radical (unpaired) electrons. The third kappa shape index (κ3) is 3.36. The summed E-state index contributed by atoms with van der Waals surface area (Å²) in [5, 5.41) is 25.6. The molecule has 6 nitrogen and oxygen atoms in total. The van der Waals surface area contributed by atoms with E-state index in [1.54, 1.807) is 11.3 Å². The second-order valence-electron chi connectivity index (χ2n) is 3.75. The highest BCUT2D eigenvalue weighted by atomic mass is 32.1. The SMILES string of the molecule is OCCN(CCO)Cc1noc(-c2ccsc2)n1. The van der Waals surface area contributed by atoms with Crippen LogP contribution in [0, 0.1) is 0 Å². The molecule has 0 fully saturated rings. The van der Waals surface area contributed by atoms with E-state index in [0.717, 1.165) is 5.56 Å². The third-order valence-electron chi connectivity index (χ3n) is 2.43. The lowest BCUT2D eigenvalue weighted by Crippen LogP contribution is -2.29. The number of nitrogens with zero attached hydrogens (tertiary/aromatic N) is 3. The second-order valence-corrected chi connectivity index (χ2v) is 4.53. The maximum atomic E-state index is 8.91. The predicted molar refractivity (Wildman–Crippen MR) is 67.1 cm³/mol. The van der Waals surface area contributed by atoms with Gasteiger partial charge >= 0.3 is 0 Å². The van der Waals surface area contributed by atoms with Crippen molar-refractivity contribution in [3.8, 4) is 11.5 Å². The van der Waals surface area contributed by atoms with Crippen molar-refractivity contribution in [2.75, 3.05) is 26.3 Å². The van der Waals surface area contributed by atoms with E-state index in [1.165, 1.54) is 0 Å². The Bertz CT molecular complexity index is 452. The second kappa shape index (κ2) is 6.60. The van der Waals surface area contributed by atoms with Crippen LogP contribution in [0.15, 0.2) is 21.3 Å². The number of rotatable bonds is 7. The van der Waals surface area contributed by atoms with E-state index >= 15 is 0 Å². The zero-order valence-electron chi connectivity index (χ0n) is 9.82. The van der Waals surface area contributed by atoms with Crippen molar-refractivity contribution in [2.45, 2.75) is 6.54 Å². The molecule has 18 heavy (non-hydrogen) atoms. The van der Waals surface area contributed by atoms with Gasteiger partial charge in [-0.2, -0.15) is 16.3 Å². The first kappa shape index (κ1) is 13.2. The van der Waals surface area contributed by atoms with Crippen molar-refractivity contribution in [3.05, 3.63) is 22.7 Å². The Morgan fingerprint density at radius 3 is 2.67 bits per heavy atom. The van der Waals surface area contributed by atoms with Gasteiger partial charge in [0, 0.05) is 18.5 Å². The highest BCUT2D eigenvalue weighted by Crippen LogP contribution is 2.20. The Labute approximate surface area is 108 Å². The van der Waals surface area contributed by atoms with Crippen LogP contribution in [0.4, 0.5) is 0 Å². The summed E-state index contributed by atoms with van der Waals surface area (Å²) in [6.07, 6.45) is 0. The summed E-state index contributed by atoms with van der Waals surface area (Å²) in [6.45, 7) is 1.48. The Morgan fingerprint density at radius 2 is 2.06 bits per heavy atom. The minimum absolute atomic E-state index is 0.0369. The van der Waals surface area contributed by atoms with Crippen molar-refractivity contribution in [2.24, 2.45) is 0 Å². The van der Waals surface area contributed by atoms with Crippen LogP contribution in [-0.4, -0.2) is 51.6 Å². The normalized spacial score (nSPS) is 11.3. The first-order valence-corrected chi connectivity index (χ1v) is 6.57. The van der Waals surface area contributed by atoms with Crippen LogP contribution in [0.25, 0.3) is 11.5 Å². The summed E-state index contributed by atoms with van der Waals surface area (Å²) >= 11 is 1.57. The van der Waals surface area contributed by atoms with Gasteiger partial charge in [0.25, 0.3) is 5.89 Å². The highest BCUT2D eigenvalue weighted by Gasteiger charge is 2.12. The van der Waals surface area contributed by atoms with Gasteiger partial charge in [0.1, 0.15) is 0 Å². The van der Waals surface area contributed by atoms with E-state index in [-0.39, 0.29) is 13.2 Å². The van der Waals surface area contributed by atoms with Crippen molar-refractivity contribution >= 4 is 11.3 Å². The molecule has 0 spiro atoms. The van der Waals surface area contributed by atoms with Crippen LogP contribution >= 0.6 is 11.3 Å². The lowest BCUT2D eigenvalue weighted by molar-refractivity contribution is 0.152. The van der Waals surface area contributed by atoms with Crippen molar-refractivity contribution < 1.29 is 14.7 Å². The summed E-state index contributed by atoms with van der Waals surface area (Å²) in [7, 11) is 0. The Balaban J connectivity index is 2.01. The fourth-order valence-corrected chi connectivity index (χ4v) is 2.20. The van der Waals surface area contributed by atoms with Gasteiger partial charge in [0.05, 0.1) is 25.3 Å². The highest BCUT2D eigenvalue weighted by molar-refractivity contribution is 7.08. The smallest absolute Gasteiger partial charge is 0.258 e. The molecule has 0 atom stereocenters. The molecule has 0 aliphatic rings. The molecule has 2 aromatic rings. The maximum absolute atomic E-state index is 8.91. The van der Waals surface area contributed by atoms with Gasteiger partial charge in [-0.3, -0.25) is 4.90 Å². The van der Waals surface area contributed by atoms with E-state index in [1.807, 2.05) is 21.7 Å². The van der Waals surface area contributed by atoms with Crippen molar-refractivity contribution in [3.63, 3.8) is 0 Å².